The first-order valence-corrected chi connectivity index (χ1v) is 13.0. The molecule has 1 fully saturated rings. The van der Waals surface area contributed by atoms with Crippen molar-refractivity contribution < 1.29 is 18.7 Å². The molecule has 1 aliphatic heterocycles. The summed E-state index contributed by atoms with van der Waals surface area (Å²) in [5, 5.41) is 14.0. The minimum Gasteiger partial charge on any atom is -0.376 e. The maximum atomic E-state index is 13.6. The molecule has 192 valence electrons. The summed E-state index contributed by atoms with van der Waals surface area (Å²) in [4.78, 5) is 31.2. The van der Waals surface area contributed by atoms with Gasteiger partial charge in [-0.2, -0.15) is 5.26 Å². The number of nitrogens with zero attached hydrogens (tertiary/aromatic N) is 3. The molecule has 3 aromatic rings. The maximum Gasteiger partial charge on any atom is 0.322 e. The monoisotopic (exact) mass is 520 g/mol. The average Bonchev–Trinajstić information content (AvgIpc) is 3.56. The standard InChI is InChI=1S/C28H29FN4O3S/c1-20-11-13-37-26(20)18-32(16-21-7-9-23(29)10-8-21)27(34)19-33(17-25-6-3-12-36-25)28(35)31-24-5-2-4-22(14-24)15-30/h2,4-5,7-11,13-14,25H,3,6,12,16-19H2,1H3,(H,31,35). The first-order valence-electron chi connectivity index (χ1n) is 12.1. The summed E-state index contributed by atoms with van der Waals surface area (Å²) in [6.45, 7) is 3.44. The van der Waals surface area contributed by atoms with Crippen LogP contribution in [0.4, 0.5) is 14.9 Å². The average molecular weight is 521 g/mol. The van der Waals surface area contributed by atoms with E-state index in [2.05, 4.69) is 11.4 Å². The molecule has 1 saturated heterocycles. The van der Waals surface area contributed by atoms with Crippen molar-refractivity contribution in [2.24, 2.45) is 0 Å². The fraction of sp³-hybridized carbons (Fsp3) is 0.321. The molecule has 1 N–H and O–H groups in total. The Labute approximate surface area is 220 Å². The summed E-state index contributed by atoms with van der Waals surface area (Å²) in [6.07, 6.45) is 1.58. The van der Waals surface area contributed by atoms with Gasteiger partial charge in [-0.25, -0.2) is 9.18 Å². The van der Waals surface area contributed by atoms with Gasteiger partial charge in [0.05, 0.1) is 24.3 Å². The zero-order valence-corrected chi connectivity index (χ0v) is 21.5. The zero-order valence-electron chi connectivity index (χ0n) is 20.7. The Morgan fingerprint density at radius 1 is 1.16 bits per heavy atom. The maximum absolute atomic E-state index is 13.6. The Morgan fingerprint density at radius 2 is 1.97 bits per heavy atom. The summed E-state index contributed by atoms with van der Waals surface area (Å²) in [5.41, 5.74) is 2.79. The van der Waals surface area contributed by atoms with Crippen molar-refractivity contribution >= 4 is 29.0 Å². The van der Waals surface area contributed by atoms with Crippen molar-refractivity contribution in [2.75, 3.05) is 25.0 Å². The van der Waals surface area contributed by atoms with E-state index in [4.69, 9.17) is 4.74 Å². The third-order valence-corrected chi connectivity index (χ3v) is 7.25. The highest BCUT2D eigenvalue weighted by molar-refractivity contribution is 7.10. The Hall–Kier alpha value is -3.74. The van der Waals surface area contributed by atoms with Gasteiger partial charge in [-0.15, -0.1) is 11.3 Å². The first kappa shape index (κ1) is 26.3. The molecule has 2 heterocycles. The van der Waals surface area contributed by atoms with E-state index in [0.29, 0.717) is 24.4 Å². The van der Waals surface area contributed by atoms with Gasteiger partial charge in [0.15, 0.2) is 0 Å². The van der Waals surface area contributed by atoms with Crippen molar-refractivity contribution in [3.05, 3.63) is 87.4 Å². The second-order valence-corrected chi connectivity index (χ2v) is 10.0. The minimum atomic E-state index is -0.437. The van der Waals surface area contributed by atoms with E-state index in [9.17, 15) is 19.2 Å². The van der Waals surface area contributed by atoms with Crippen molar-refractivity contribution in [3.8, 4) is 6.07 Å². The number of carbonyl (C=O) groups excluding carboxylic acids is 2. The van der Waals surface area contributed by atoms with Gasteiger partial charge < -0.3 is 19.9 Å². The van der Waals surface area contributed by atoms with E-state index >= 15 is 0 Å². The number of aryl methyl sites for hydroxylation is 1. The quantitative estimate of drug-likeness (QED) is 0.414. The number of nitrogens with one attached hydrogen (secondary N) is 1. The van der Waals surface area contributed by atoms with Crippen LogP contribution in [0.3, 0.4) is 0 Å². The third-order valence-electron chi connectivity index (χ3n) is 6.25. The van der Waals surface area contributed by atoms with Crippen LogP contribution >= 0.6 is 11.3 Å². The predicted molar refractivity (Wildman–Crippen MR) is 140 cm³/mol. The minimum absolute atomic E-state index is 0.144. The van der Waals surface area contributed by atoms with Crippen LogP contribution in [0.25, 0.3) is 0 Å². The largest absolute Gasteiger partial charge is 0.376 e. The van der Waals surface area contributed by atoms with Crippen LogP contribution in [0, 0.1) is 24.1 Å². The highest BCUT2D eigenvalue weighted by Crippen LogP contribution is 2.21. The fourth-order valence-electron chi connectivity index (χ4n) is 4.17. The van der Waals surface area contributed by atoms with Gasteiger partial charge in [0.1, 0.15) is 12.4 Å². The molecule has 0 aliphatic carbocycles. The van der Waals surface area contributed by atoms with Gasteiger partial charge >= 0.3 is 6.03 Å². The van der Waals surface area contributed by atoms with Crippen molar-refractivity contribution in [2.45, 2.75) is 39.0 Å². The topological polar surface area (TPSA) is 85.7 Å². The van der Waals surface area contributed by atoms with Crippen LogP contribution in [-0.4, -0.2) is 47.5 Å². The molecule has 1 unspecified atom stereocenters. The first-order chi connectivity index (χ1) is 17.9. The number of urea groups is 1. The Bertz CT molecular complexity index is 1260. The molecule has 37 heavy (non-hydrogen) atoms. The zero-order chi connectivity index (χ0) is 26.2. The number of amides is 3. The molecule has 0 saturated carbocycles. The van der Waals surface area contributed by atoms with E-state index in [1.165, 1.54) is 17.0 Å². The predicted octanol–water partition coefficient (Wildman–Crippen LogP) is 5.31. The van der Waals surface area contributed by atoms with Crippen LogP contribution in [0.15, 0.2) is 60.0 Å². The van der Waals surface area contributed by atoms with Crippen molar-refractivity contribution in [1.29, 1.82) is 5.26 Å². The molecule has 9 heteroatoms. The SMILES string of the molecule is Cc1ccsc1CN(Cc1ccc(F)cc1)C(=O)CN(CC1CCCO1)C(=O)Nc1cccc(C#N)c1. The number of anilines is 1. The lowest BCUT2D eigenvalue weighted by atomic mass is 10.2. The lowest BCUT2D eigenvalue weighted by Gasteiger charge is -2.29. The molecular formula is C28H29FN4O3S. The molecular weight excluding hydrogens is 491 g/mol. The number of nitriles is 1. The number of ether oxygens (including phenoxy) is 1. The number of halogens is 1. The van der Waals surface area contributed by atoms with Gasteiger partial charge in [-0.05, 0) is 72.7 Å². The lowest BCUT2D eigenvalue weighted by Crippen LogP contribution is -2.46. The number of rotatable bonds is 9. The molecule has 0 radical (unpaired) electrons. The molecule has 4 rings (SSSR count). The normalized spacial score (nSPS) is 14.7. The van der Waals surface area contributed by atoms with Crippen LogP contribution in [0.2, 0.25) is 0 Å². The number of carbonyl (C=O) groups is 2. The molecule has 1 aromatic heterocycles. The molecule has 3 amide bonds. The summed E-state index contributed by atoms with van der Waals surface area (Å²) < 4.78 is 19.2. The van der Waals surface area contributed by atoms with E-state index in [1.807, 2.05) is 18.4 Å². The summed E-state index contributed by atoms with van der Waals surface area (Å²) in [7, 11) is 0. The number of thiophene rings is 1. The van der Waals surface area contributed by atoms with Crippen LogP contribution < -0.4 is 5.32 Å². The van der Waals surface area contributed by atoms with E-state index in [0.717, 1.165) is 28.8 Å². The van der Waals surface area contributed by atoms with Gasteiger partial charge in [0.25, 0.3) is 0 Å². The van der Waals surface area contributed by atoms with Crippen molar-refractivity contribution in [3.63, 3.8) is 0 Å². The Morgan fingerprint density at radius 3 is 2.65 bits per heavy atom. The number of hydrogen-bond donors (Lipinski definition) is 1. The van der Waals surface area contributed by atoms with Gasteiger partial charge in [0, 0.05) is 30.3 Å². The molecule has 2 aromatic carbocycles. The lowest BCUT2D eigenvalue weighted by molar-refractivity contribution is -0.133. The molecule has 1 aliphatic rings. The second kappa shape index (κ2) is 12.5. The molecule has 7 nitrogen and oxygen atoms in total. The van der Waals surface area contributed by atoms with Crippen LogP contribution in [0.1, 0.15) is 34.4 Å². The molecule has 0 spiro atoms. The van der Waals surface area contributed by atoms with Gasteiger partial charge in [-0.3, -0.25) is 4.79 Å². The van der Waals surface area contributed by atoms with Crippen LogP contribution in [0.5, 0.6) is 0 Å². The fourth-order valence-corrected chi connectivity index (χ4v) is 5.09. The summed E-state index contributed by atoms with van der Waals surface area (Å²) in [5.74, 6) is -0.563. The highest BCUT2D eigenvalue weighted by Gasteiger charge is 2.27. The number of hydrogen-bond acceptors (Lipinski definition) is 5. The smallest absolute Gasteiger partial charge is 0.322 e. The van der Waals surface area contributed by atoms with E-state index in [-0.39, 0.29) is 37.5 Å². The summed E-state index contributed by atoms with van der Waals surface area (Å²) in [6, 6.07) is 16.3. The Kier molecular flexibility index (Phi) is 8.88. The van der Waals surface area contributed by atoms with Crippen LogP contribution in [-0.2, 0) is 22.6 Å². The van der Waals surface area contributed by atoms with Crippen molar-refractivity contribution in [1.82, 2.24) is 9.80 Å². The highest BCUT2D eigenvalue weighted by atomic mass is 32.1. The second-order valence-electron chi connectivity index (χ2n) is 9.04. The van der Waals surface area contributed by atoms with Gasteiger partial charge in [-0.1, -0.05) is 18.2 Å². The molecule has 0 bridgehead atoms. The molecule has 1 atom stereocenters. The number of benzene rings is 2. The summed E-state index contributed by atoms with van der Waals surface area (Å²) >= 11 is 1.57. The van der Waals surface area contributed by atoms with Gasteiger partial charge in [0.2, 0.25) is 5.91 Å². The Balaban J connectivity index is 1.53. The third kappa shape index (κ3) is 7.38. The van der Waals surface area contributed by atoms with E-state index in [1.54, 1.807) is 52.6 Å². The van der Waals surface area contributed by atoms with E-state index < -0.39 is 6.03 Å².